The summed E-state index contributed by atoms with van der Waals surface area (Å²) in [6.45, 7) is 1.30. The number of nitrogens with one attached hydrogen (secondary N) is 2. The highest BCUT2D eigenvalue weighted by Gasteiger charge is 2.05. The summed E-state index contributed by atoms with van der Waals surface area (Å²) in [5.74, 6) is 0.0698. The lowest BCUT2D eigenvalue weighted by atomic mass is 9.97. The molecule has 0 heterocycles. The first-order valence-corrected chi connectivity index (χ1v) is 7.96. The van der Waals surface area contributed by atoms with Crippen molar-refractivity contribution < 1.29 is 4.79 Å². The molecule has 116 valence electrons. The third-order valence-electron chi connectivity index (χ3n) is 3.83. The highest BCUT2D eigenvalue weighted by Crippen LogP contribution is 2.19. The van der Waals surface area contributed by atoms with Crippen molar-refractivity contribution in [2.45, 2.75) is 38.5 Å². The van der Waals surface area contributed by atoms with Crippen LogP contribution in [-0.4, -0.2) is 19.0 Å². The minimum absolute atomic E-state index is 0.0698. The highest BCUT2D eigenvalue weighted by atomic mass is 16.1. The van der Waals surface area contributed by atoms with E-state index in [-0.39, 0.29) is 5.91 Å². The molecule has 4 nitrogen and oxygen atoms in total. The molecule has 4 heteroatoms. The van der Waals surface area contributed by atoms with Gasteiger partial charge in [-0.3, -0.25) is 4.79 Å². The minimum atomic E-state index is 0.0698. The largest absolute Gasteiger partial charge is 0.384 e. The molecule has 22 heavy (non-hydrogen) atoms. The van der Waals surface area contributed by atoms with E-state index in [1.165, 1.54) is 31.3 Å². The molecule has 0 aromatic heterocycles. The number of hydrogen-bond donors (Lipinski definition) is 2. The maximum atomic E-state index is 11.8. The van der Waals surface area contributed by atoms with Crippen molar-refractivity contribution in [3.63, 3.8) is 0 Å². The van der Waals surface area contributed by atoms with E-state index >= 15 is 0 Å². The number of allylic oxidation sites excluding steroid dienone is 1. The molecule has 0 unspecified atom stereocenters. The van der Waals surface area contributed by atoms with Crippen LogP contribution in [-0.2, 0) is 4.79 Å². The van der Waals surface area contributed by atoms with Gasteiger partial charge in [0.05, 0.1) is 11.6 Å². The van der Waals surface area contributed by atoms with Crippen molar-refractivity contribution in [2.24, 2.45) is 0 Å². The first-order valence-electron chi connectivity index (χ1n) is 7.96. The molecule has 0 aliphatic heterocycles. The number of benzene rings is 1. The van der Waals surface area contributed by atoms with E-state index in [4.69, 9.17) is 5.26 Å². The van der Waals surface area contributed by atoms with Crippen molar-refractivity contribution in [3.8, 4) is 6.07 Å². The van der Waals surface area contributed by atoms with Crippen molar-refractivity contribution in [2.75, 3.05) is 18.4 Å². The molecule has 1 aromatic carbocycles. The van der Waals surface area contributed by atoms with Crippen LogP contribution in [0.15, 0.2) is 35.9 Å². The van der Waals surface area contributed by atoms with Gasteiger partial charge in [-0.15, -0.1) is 0 Å². The van der Waals surface area contributed by atoms with E-state index in [1.807, 2.05) is 12.1 Å². The first-order chi connectivity index (χ1) is 10.8. The molecule has 0 atom stereocenters. The molecule has 1 amide bonds. The van der Waals surface area contributed by atoms with E-state index in [9.17, 15) is 4.79 Å². The smallest absolute Gasteiger partial charge is 0.221 e. The summed E-state index contributed by atoms with van der Waals surface area (Å²) in [6, 6.07) is 9.38. The Kier molecular flexibility index (Phi) is 6.50. The van der Waals surface area contributed by atoms with Gasteiger partial charge in [-0.2, -0.15) is 5.26 Å². The van der Waals surface area contributed by atoms with Crippen LogP contribution >= 0.6 is 0 Å². The van der Waals surface area contributed by atoms with Gasteiger partial charge in [0.15, 0.2) is 0 Å². The summed E-state index contributed by atoms with van der Waals surface area (Å²) in [7, 11) is 0. The van der Waals surface area contributed by atoms with Crippen LogP contribution < -0.4 is 10.6 Å². The summed E-state index contributed by atoms with van der Waals surface area (Å²) >= 11 is 0. The molecule has 1 aliphatic rings. The summed E-state index contributed by atoms with van der Waals surface area (Å²) in [5.41, 5.74) is 2.98. The second-order valence-corrected chi connectivity index (χ2v) is 5.58. The summed E-state index contributed by atoms with van der Waals surface area (Å²) in [5, 5.41) is 15.0. The molecular formula is C18H23N3O. The summed E-state index contributed by atoms with van der Waals surface area (Å²) in [4.78, 5) is 11.8. The second-order valence-electron chi connectivity index (χ2n) is 5.58. The Morgan fingerprint density at radius 1 is 1.27 bits per heavy atom. The fraction of sp³-hybridized carbons (Fsp3) is 0.444. The van der Waals surface area contributed by atoms with Gasteiger partial charge < -0.3 is 10.6 Å². The van der Waals surface area contributed by atoms with Crippen molar-refractivity contribution >= 4 is 11.6 Å². The number of carbonyl (C=O) groups is 1. The Hall–Kier alpha value is -2.28. The lowest BCUT2D eigenvalue weighted by Gasteiger charge is -2.13. The average molecular weight is 297 g/mol. The van der Waals surface area contributed by atoms with Gasteiger partial charge in [0.2, 0.25) is 5.91 Å². The zero-order valence-electron chi connectivity index (χ0n) is 12.9. The van der Waals surface area contributed by atoms with Gasteiger partial charge in [0, 0.05) is 25.2 Å². The third kappa shape index (κ3) is 5.61. The topological polar surface area (TPSA) is 64.9 Å². The van der Waals surface area contributed by atoms with E-state index in [0.29, 0.717) is 18.5 Å². The second kappa shape index (κ2) is 8.89. The van der Waals surface area contributed by atoms with Gasteiger partial charge in [-0.05, 0) is 50.3 Å². The maximum Gasteiger partial charge on any atom is 0.221 e. The quantitative estimate of drug-likeness (QED) is 0.758. The maximum absolute atomic E-state index is 11.8. The van der Waals surface area contributed by atoms with Gasteiger partial charge in [0.25, 0.3) is 0 Å². The fourth-order valence-corrected chi connectivity index (χ4v) is 2.60. The van der Waals surface area contributed by atoms with E-state index < -0.39 is 0 Å². The summed E-state index contributed by atoms with van der Waals surface area (Å²) in [6.07, 6.45) is 8.69. The molecule has 0 bridgehead atoms. The number of rotatable bonds is 7. The monoisotopic (exact) mass is 297 g/mol. The Morgan fingerprint density at radius 2 is 2.18 bits per heavy atom. The number of carbonyl (C=O) groups excluding carboxylic acids is 1. The van der Waals surface area contributed by atoms with Crippen LogP contribution in [0, 0.1) is 11.3 Å². The Labute approximate surface area is 132 Å². The van der Waals surface area contributed by atoms with Crippen molar-refractivity contribution in [1.82, 2.24) is 5.32 Å². The molecule has 0 fully saturated rings. The normalized spacial score (nSPS) is 13.9. The predicted octanol–water partition coefficient (Wildman–Crippen LogP) is 3.37. The Morgan fingerprint density at radius 3 is 2.95 bits per heavy atom. The highest BCUT2D eigenvalue weighted by molar-refractivity contribution is 5.76. The fourth-order valence-electron chi connectivity index (χ4n) is 2.60. The van der Waals surface area contributed by atoms with Crippen LogP contribution in [0.2, 0.25) is 0 Å². The zero-order valence-corrected chi connectivity index (χ0v) is 12.9. The predicted molar refractivity (Wildman–Crippen MR) is 88.4 cm³/mol. The molecule has 2 rings (SSSR count). The van der Waals surface area contributed by atoms with E-state index in [1.54, 1.807) is 12.1 Å². The van der Waals surface area contributed by atoms with Crippen LogP contribution in [0.3, 0.4) is 0 Å². The molecule has 0 saturated heterocycles. The standard InChI is InChI=1S/C18H23N3O/c19-14-16-7-4-8-17(13-16)20-12-10-18(22)21-11-9-15-5-2-1-3-6-15/h4-5,7-8,13,20H,1-3,6,9-12H2,(H,21,22). The molecule has 1 aromatic rings. The minimum Gasteiger partial charge on any atom is -0.384 e. The third-order valence-corrected chi connectivity index (χ3v) is 3.83. The summed E-state index contributed by atoms with van der Waals surface area (Å²) < 4.78 is 0. The lowest BCUT2D eigenvalue weighted by molar-refractivity contribution is -0.120. The number of nitrogens with zero attached hydrogens (tertiary/aromatic N) is 1. The zero-order chi connectivity index (χ0) is 15.6. The van der Waals surface area contributed by atoms with Crippen molar-refractivity contribution in [1.29, 1.82) is 5.26 Å². The number of amides is 1. The van der Waals surface area contributed by atoms with E-state index in [0.717, 1.165) is 18.7 Å². The number of anilines is 1. The molecule has 2 N–H and O–H groups in total. The van der Waals surface area contributed by atoms with Crippen molar-refractivity contribution in [3.05, 3.63) is 41.5 Å². The Bertz CT molecular complexity index is 572. The SMILES string of the molecule is N#Cc1cccc(NCCC(=O)NCCC2=CCCCC2)c1. The molecule has 0 saturated carbocycles. The van der Waals surface area contributed by atoms with E-state index in [2.05, 4.69) is 22.8 Å². The first kappa shape index (κ1) is 16.1. The molecule has 0 spiro atoms. The van der Waals surface area contributed by atoms with Gasteiger partial charge >= 0.3 is 0 Å². The Balaban J connectivity index is 1.61. The van der Waals surface area contributed by atoms with Gasteiger partial charge in [0.1, 0.15) is 0 Å². The lowest BCUT2D eigenvalue weighted by Crippen LogP contribution is -2.26. The van der Waals surface area contributed by atoms with Crippen LogP contribution in [0.25, 0.3) is 0 Å². The molecular weight excluding hydrogens is 274 g/mol. The van der Waals surface area contributed by atoms with Crippen LogP contribution in [0.1, 0.15) is 44.1 Å². The number of hydrogen-bond acceptors (Lipinski definition) is 3. The molecule has 0 radical (unpaired) electrons. The number of nitriles is 1. The van der Waals surface area contributed by atoms with Crippen LogP contribution in [0.5, 0.6) is 0 Å². The van der Waals surface area contributed by atoms with Gasteiger partial charge in [-0.1, -0.05) is 17.7 Å². The molecule has 1 aliphatic carbocycles. The average Bonchev–Trinajstić information content (AvgIpc) is 2.56. The van der Waals surface area contributed by atoms with Crippen LogP contribution in [0.4, 0.5) is 5.69 Å². The van der Waals surface area contributed by atoms with Gasteiger partial charge in [-0.25, -0.2) is 0 Å².